The normalized spacial score (nSPS) is 28.4. The molecule has 4 rings (SSSR count). The van der Waals surface area contributed by atoms with Crippen LogP contribution in [0.15, 0.2) is 38.4 Å². The number of carbonyl (C=O) groups is 2. The van der Waals surface area contributed by atoms with Gasteiger partial charge in [0.15, 0.2) is 10.6 Å². The Hall–Kier alpha value is -2.09. The molecule has 28 heavy (non-hydrogen) atoms. The fourth-order valence-corrected chi connectivity index (χ4v) is 4.98. The van der Waals surface area contributed by atoms with Crippen LogP contribution < -0.4 is 10.6 Å². The molecule has 3 aliphatic rings. The predicted molar refractivity (Wildman–Crippen MR) is 109 cm³/mol. The summed E-state index contributed by atoms with van der Waals surface area (Å²) in [5.74, 6) is 1.98. The van der Waals surface area contributed by atoms with Crippen molar-refractivity contribution in [2.24, 2.45) is 28.7 Å². The number of fused-ring (bicyclic) bond motifs is 5. The van der Waals surface area contributed by atoms with Gasteiger partial charge in [-0.2, -0.15) is 0 Å². The minimum Gasteiger partial charge on any atom is -0.454 e. The molecule has 8 heteroatoms. The van der Waals surface area contributed by atoms with Crippen LogP contribution in [0.4, 0.5) is 0 Å². The first-order valence-corrected chi connectivity index (χ1v) is 10.6. The highest BCUT2D eigenvalue weighted by molar-refractivity contribution is 9.10. The SMILES string of the molecule is CN=C(NCCCN1C(=O)C2C3C=CC(C3)C2C1=O)NCCc1ccc(Br)o1. The summed E-state index contributed by atoms with van der Waals surface area (Å²) in [5.41, 5.74) is 0. The molecule has 1 aromatic heterocycles. The van der Waals surface area contributed by atoms with Gasteiger partial charge in [0.1, 0.15) is 5.76 Å². The molecule has 7 nitrogen and oxygen atoms in total. The third kappa shape index (κ3) is 3.62. The number of likely N-dealkylation sites (tertiary alicyclic amines) is 1. The van der Waals surface area contributed by atoms with Crippen LogP contribution in [0.25, 0.3) is 0 Å². The first-order valence-electron chi connectivity index (χ1n) is 9.80. The first-order chi connectivity index (χ1) is 13.6. The Labute approximate surface area is 172 Å². The van der Waals surface area contributed by atoms with Crippen LogP contribution >= 0.6 is 15.9 Å². The van der Waals surface area contributed by atoms with Gasteiger partial charge in [0.2, 0.25) is 11.8 Å². The number of allylic oxidation sites excluding steroid dienone is 2. The highest BCUT2D eigenvalue weighted by Gasteiger charge is 2.58. The van der Waals surface area contributed by atoms with E-state index in [0.717, 1.165) is 23.3 Å². The second-order valence-electron chi connectivity index (χ2n) is 7.56. The maximum Gasteiger partial charge on any atom is 0.233 e. The third-order valence-electron chi connectivity index (χ3n) is 5.93. The largest absolute Gasteiger partial charge is 0.454 e. The summed E-state index contributed by atoms with van der Waals surface area (Å²) in [6.45, 7) is 1.81. The van der Waals surface area contributed by atoms with Gasteiger partial charge in [-0.25, -0.2) is 0 Å². The Morgan fingerprint density at radius 2 is 1.86 bits per heavy atom. The topological polar surface area (TPSA) is 86.9 Å². The van der Waals surface area contributed by atoms with Crippen LogP contribution in [0.2, 0.25) is 0 Å². The average Bonchev–Trinajstić information content (AvgIpc) is 3.44. The lowest BCUT2D eigenvalue weighted by Gasteiger charge is -2.18. The van der Waals surface area contributed by atoms with Crippen molar-refractivity contribution < 1.29 is 14.0 Å². The number of carbonyl (C=O) groups excluding carboxylic acids is 2. The molecule has 0 radical (unpaired) electrons. The summed E-state index contributed by atoms with van der Waals surface area (Å²) < 4.78 is 6.19. The summed E-state index contributed by atoms with van der Waals surface area (Å²) in [6, 6.07) is 3.81. The smallest absolute Gasteiger partial charge is 0.233 e. The molecule has 4 atom stereocenters. The number of amides is 2. The Morgan fingerprint density at radius 1 is 1.18 bits per heavy atom. The minimum absolute atomic E-state index is 0.0268. The Balaban J connectivity index is 1.18. The van der Waals surface area contributed by atoms with Gasteiger partial charge in [-0.05, 0) is 52.7 Å². The number of halogens is 1. The quantitative estimate of drug-likeness (QED) is 0.219. The van der Waals surface area contributed by atoms with E-state index in [1.807, 2.05) is 12.1 Å². The van der Waals surface area contributed by atoms with Crippen molar-refractivity contribution in [3.8, 4) is 0 Å². The number of furan rings is 1. The van der Waals surface area contributed by atoms with Crippen molar-refractivity contribution in [1.82, 2.24) is 15.5 Å². The van der Waals surface area contributed by atoms with E-state index in [0.29, 0.717) is 32.0 Å². The summed E-state index contributed by atoms with van der Waals surface area (Å²) in [7, 11) is 1.72. The van der Waals surface area contributed by atoms with Crippen LogP contribution in [0.3, 0.4) is 0 Å². The van der Waals surface area contributed by atoms with Crippen molar-refractivity contribution in [2.45, 2.75) is 19.3 Å². The molecule has 4 unspecified atom stereocenters. The minimum atomic E-state index is -0.105. The molecule has 2 amide bonds. The summed E-state index contributed by atoms with van der Waals surface area (Å²) in [6.07, 6.45) is 6.67. The number of aliphatic imine (C=N–C) groups is 1. The third-order valence-corrected chi connectivity index (χ3v) is 6.36. The molecule has 150 valence electrons. The zero-order chi connectivity index (χ0) is 19.7. The standard InChI is InChI=1S/C20H25BrN4O3/c1-22-20(24-9-7-14-5-6-15(21)28-14)23-8-2-10-25-18(26)16-12-3-4-13(11-12)17(16)19(25)27/h3-6,12-13,16-17H,2,7-11H2,1H3,(H2,22,23,24). The van der Waals surface area contributed by atoms with Crippen molar-refractivity contribution in [2.75, 3.05) is 26.7 Å². The maximum absolute atomic E-state index is 12.7. The van der Waals surface area contributed by atoms with Gasteiger partial charge in [0, 0.05) is 33.1 Å². The van der Waals surface area contributed by atoms with E-state index in [4.69, 9.17) is 4.42 Å². The number of guanidine groups is 1. The number of nitrogens with zero attached hydrogens (tertiary/aromatic N) is 2. The zero-order valence-electron chi connectivity index (χ0n) is 15.9. The fraction of sp³-hybridized carbons (Fsp3) is 0.550. The molecule has 2 heterocycles. The second kappa shape index (κ2) is 8.11. The molecular formula is C20H25BrN4O3. The van der Waals surface area contributed by atoms with E-state index in [1.165, 1.54) is 4.90 Å². The lowest BCUT2D eigenvalue weighted by atomic mass is 9.85. The van der Waals surface area contributed by atoms with Crippen molar-refractivity contribution in [3.05, 3.63) is 34.7 Å². The van der Waals surface area contributed by atoms with Crippen LogP contribution in [-0.2, 0) is 16.0 Å². The van der Waals surface area contributed by atoms with Crippen LogP contribution in [0, 0.1) is 23.7 Å². The summed E-state index contributed by atoms with van der Waals surface area (Å²) in [5, 5.41) is 6.47. The molecule has 1 aromatic rings. The highest BCUT2D eigenvalue weighted by Crippen LogP contribution is 2.52. The van der Waals surface area contributed by atoms with Crippen LogP contribution in [-0.4, -0.2) is 49.4 Å². The molecule has 2 bridgehead atoms. The first kappa shape index (κ1) is 19.2. The number of hydrogen-bond acceptors (Lipinski definition) is 4. The van der Waals surface area contributed by atoms with Crippen molar-refractivity contribution >= 4 is 33.7 Å². The van der Waals surface area contributed by atoms with Gasteiger partial charge in [-0.3, -0.25) is 19.5 Å². The van der Waals surface area contributed by atoms with Gasteiger partial charge in [-0.1, -0.05) is 12.2 Å². The second-order valence-corrected chi connectivity index (χ2v) is 8.34. The number of imide groups is 1. The lowest BCUT2D eigenvalue weighted by molar-refractivity contribution is -0.140. The van der Waals surface area contributed by atoms with Gasteiger partial charge < -0.3 is 15.1 Å². The summed E-state index contributed by atoms with van der Waals surface area (Å²) in [4.78, 5) is 31.0. The molecule has 2 N–H and O–H groups in total. The maximum atomic E-state index is 12.7. The molecule has 2 fully saturated rings. The Morgan fingerprint density at radius 3 is 2.46 bits per heavy atom. The Kier molecular flexibility index (Phi) is 5.57. The summed E-state index contributed by atoms with van der Waals surface area (Å²) >= 11 is 3.29. The van der Waals surface area contributed by atoms with Crippen LogP contribution in [0.5, 0.6) is 0 Å². The molecular weight excluding hydrogens is 424 g/mol. The van der Waals surface area contributed by atoms with E-state index in [-0.39, 0.29) is 35.5 Å². The monoisotopic (exact) mass is 448 g/mol. The molecule has 1 aliphatic heterocycles. The molecule has 0 aromatic carbocycles. The van der Waals surface area contributed by atoms with E-state index in [9.17, 15) is 9.59 Å². The number of hydrogen-bond donors (Lipinski definition) is 2. The van der Waals surface area contributed by atoms with E-state index in [1.54, 1.807) is 7.05 Å². The van der Waals surface area contributed by atoms with E-state index in [2.05, 4.69) is 43.7 Å². The molecule has 1 saturated carbocycles. The fourth-order valence-electron chi connectivity index (χ4n) is 4.64. The molecule has 0 spiro atoms. The molecule has 2 aliphatic carbocycles. The van der Waals surface area contributed by atoms with Gasteiger partial charge in [-0.15, -0.1) is 0 Å². The number of nitrogens with one attached hydrogen (secondary N) is 2. The molecule has 1 saturated heterocycles. The van der Waals surface area contributed by atoms with Gasteiger partial charge >= 0.3 is 0 Å². The lowest BCUT2D eigenvalue weighted by Crippen LogP contribution is -2.40. The zero-order valence-corrected chi connectivity index (χ0v) is 17.4. The van der Waals surface area contributed by atoms with Crippen molar-refractivity contribution in [1.29, 1.82) is 0 Å². The Bertz CT molecular complexity index is 788. The number of rotatable bonds is 7. The van der Waals surface area contributed by atoms with E-state index >= 15 is 0 Å². The predicted octanol–water partition coefficient (Wildman–Crippen LogP) is 1.95. The van der Waals surface area contributed by atoms with Crippen molar-refractivity contribution in [3.63, 3.8) is 0 Å². The van der Waals surface area contributed by atoms with Gasteiger partial charge in [0.25, 0.3) is 0 Å². The van der Waals surface area contributed by atoms with E-state index < -0.39 is 0 Å². The van der Waals surface area contributed by atoms with Gasteiger partial charge in [0.05, 0.1) is 11.8 Å². The highest BCUT2D eigenvalue weighted by atomic mass is 79.9. The van der Waals surface area contributed by atoms with Crippen LogP contribution in [0.1, 0.15) is 18.6 Å². The average molecular weight is 449 g/mol.